The molecule has 0 fully saturated rings. The van der Waals surface area contributed by atoms with Crippen LogP contribution in [0.5, 0.6) is 5.75 Å². The van der Waals surface area contributed by atoms with Crippen molar-refractivity contribution in [1.82, 2.24) is 0 Å². The van der Waals surface area contributed by atoms with Crippen molar-refractivity contribution in [1.29, 1.82) is 0 Å². The van der Waals surface area contributed by atoms with Gasteiger partial charge < -0.3 is 9.84 Å². The van der Waals surface area contributed by atoms with Crippen LogP contribution in [0.1, 0.15) is 31.1 Å². The normalized spacial score (nSPS) is 10.9. The quantitative estimate of drug-likeness (QED) is 0.508. The molecule has 0 atom stereocenters. The Labute approximate surface area is 116 Å². The van der Waals surface area contributed by atoms with E-state index in [-0.39, 0.29) is 23.1 Å². The molecule has 0 saturated carbocycles. The molecule has 1 amide bonds. The van der Waals surface area contributed by atoms with E-state index in [9.17, 15) is 14.7 Å². The lowest BCUT2D eigenvalue weighted by atomic mass is 10.1. The number of ether oxygens (including phenoxy) is 1. The molecular weight excluding hydrogens is 270 g/mol. The number of carbonyl (C=O) groups excluding carboxylic acids is 2. The molecule has 5 nitrogen and oxygen atoms in total. The van der Waals surface area contributed by atoms with Crippen LogP contribution < -0.4 is 5.32 Å². The highest BCUT2D eigenvalue weighted by molar-refractivity contribution is 6.30. The Balaban J connectivity index is 2.88. The van der Waals surface area contributed by atoms with Crippen LogP contribution in [0.2, 0.25) is 0 Å². The average Bonchev–Trinajstić information content (AvgIpc) is 2.28. The van der Waals surface area contributed by atoms with Gasteiger partial charge in [0.25, 0.3) is 0 Å². The molecular formula is C13H16ClNO4. The zero-order chi connectivity index (χ0) is 14.6. The van der Waals surface area contributed by atoms with Crippen molar-refractivity contribution in [3.05, 3.63) is 23.8 Å². The third kappa shape index (κ3) is 4.79. The van der Waals surface area contributed by atoms with Gasteiger partial charge in [-0.2, -0.15) is 0 Å². The number of hydrogen-bond donors (Lipinski definition) is 2. The van der Waals surface area contributed by atoms with Crippen LogP contribution in [0.3, 0.4) is 0 Å². The highest BCUT2D eigenvalue weighted by Crippen LogP contribution is 2.25. The van der Waals surface area contributed by atoms with Gasteiger partial charge in [0.15, 0.2) is 5.78 Å². The summed E-state index contributed by atoms with van der Waals surface area (Å²) in [6, 6.07) is 4.09. The van der Waals surface area contributed by atoms with Crippen molar-refractivity contribution < 1.29 is 19.4 Å². The van der Waals surface area contributed by atoms with Gasteiger partial charge >= 0.3 is 6.09 Å². The molecule has 6 heteroatoms. The molecule has 0 aliphatic carbocycles. The number of alkyl halides is 1. The second-order valence-corrected chi connectivity index (χ2v) is 5.18. The van der Waals surface area contributed by atoms with E-state index >= 15 is 0 Å². The number of nitrogens with one attached hydrogen (secondary N) is 1. The number of Topliss-reactive ketones (excluding diaryl/α,β-unsaturated/α-hetero) is 1. The van der Waals surface area contributed by atoms with Gasteiger partial charge in [-0.05, 0) is 39.0 Å². The Morgan fingerprint density at radius 1 is 1.37 bits per heavy atom. The Kier molecular flexibility index (Phi) is 4.78. The van der Waals surface area contributed by atoms with E-state index in [2.05, 4.69) is 5.32 Å². The standard InChI is InChI=1S/C13H16ClNO4/c1-13(2,3)19-12(18)15-9-6-8(11(17)7-14)4-5-10(9)16/h4-6,16H,7H2,1-3H3,(H,15,18). The molecule has 0 heterocycles. The van der Waals surface area contributed by atoms with Crippen molar-refractivity contribution in [2.45, 2.75) is 26.4 Å². The van der Waals surface area contributed by atoms with E-state index in [4.69, 9.17) is 16.3 Å². The minimum atomic E-state index is -0.710. The van der Waals surface area contributed by atoms with Crippen LogP contribution in [-0.4, -0.2) is 28.5 Å². The maximum atomic E-state index is 11.6. The predicted octanol–water partition coefficient (Wildman–Crippen LogP) is 3.16. The predicted molar refractivity (Wildman–Crippen MR) is 73.0 cm³/mol. The zero-order valence-electron chi connectivity index (χ0n) is 11.0. The first-order chi connectivity index (χ1) is 8.73. The van der Waals surface area contributed by atoms with Crippen LogP contribution in [0.4, 0.5) is 10.5 Å². The largest absolute Gasteiger partial charge is 0.506 e. The molecule has 0 spiro atoms. The number of phenols is 1. The Morgan fingerprint density at radius 2 is 2.00 bits per heavy atom. The fourth-order valence-corrected chi connectivity index (χ4v) is 1.45. The lowest BCUT2D eigenvalue weighted by molar-refractivity contribution is 0.0635. The maximum Gasteiger partial charge on any atom is 0.412 e. The van der Waals surface area contributed by atoms with Gasteiger partial charge in [-0.15, -0.1) is 11.6 Å². The summed E-state index contributed by atoms with van der Waals surface area (Å²) in [5.74, 6) is -0.623. The summed E-state index contributed by atoms with van der Waals surface area (Å²) in [4.78, 5) is 23.0. The first kappa shape index (κ1) is 15.3. The van der Waals surface area contributed by atoms with Crippen molar-refractivity contribution >= 4 is 29.2 Å². The minimum Gasteiger partial charge on any atom is -0.506 e. The molecule has 0 aliphatic rings. The van der Waals surface area contributed by atoms with Crippen LogP contribution in [0.15, 0.2) is 18.2 Å². The first-order valence-electron chi connectivity index (χ1n) is 5.65. The van der Waals surface area contributed by atoms with Gasteiger partial charge in [-0.1, -0.05) is 0 Å². The third-order valence-corrected chi connectivity index (χ3v) is 2.32. The molecule has 19 heavy (non-hydrogen) atoms. The van der Waals surface area contributed by atoms with Crippen molar-refractivity contribution in [2.24, 2.45) is 0 Å². The van der Waals surface area contributed by atoms with Crippen LogP contribution in [0.25, 0.3) is 0 Å². The van der Waals surface area contributed by atoms with Crippen molar-refractivity contribution in [3.63, 3.8) is 0 Å². The van der Waals surface area contributed by atoms with E-state index in [1.165, 1.54) is 18.2 Å². The van der Waals surface area contributed by atoms with Gasteiger partial charge in [0.1, 0.15) is 11.4 Å². The molecule has 104 valence electrons. The fraction of sp³-hybridized carbons (Fsp3) is 0.385. The highest BCUT2D eigenvalue weighted by Gasteiger charge is 2.18. The van der Waals surface area contributed by atoms with Crippen molar-refractivity contribution in [3.8, 4) is 5.75 Å². The second-order valence-electron chi connectivity index (χ2n) is 4.92. The average molecular weight is 286 g/mol. The van der Waals surface area contributed by atoms with E-state index in [1.54, 1.807) is 20.8 Å². The number of rotatable bonds is 3. The lowest BCUT2D eigenvalue weighted by Crippen LogP contribution is -2.27. The summed E-state index contributed by atoms with van der Waals surface area (Å²) < 4.78 is 5.05. The fourth-order valence-electron chi connectivity index (χ4n) is 1.30. The molecule has 2 N–H and O–H groups in total. The summed E-state index contributed by atoms with van der Waals surface area (Å²) in [7, 11) is 0. The second kappa shape index (κ2) is 5.93. The van der Waals surface area contributed by atoms with E-state index in [1.807, 2.05) is 0 Å². The summed E-state index contributed by atoms with van der Waals surface area (Å²) >= 11 is 5.45. The smallest absolute Gasteiger partial charge is 0.412 e. The third-order valence-electron chi connectivity index (χ3n) is 2.08. The van der Waals surface area contributed by atoms with E-state index < -0.39 is 11.7 Å². The Morgan fingerprint density at radius 3 is 2.53 bits per heavy atom. The number of anilines is 1. The van der Waals surface area contributed by atoms with Gasteiger partial charge in [0.05, 0.1) is 11.6 Å². The van der Waals surface area contributed by atoms with Crippen LogP contribution in [-0.2, 0) is 4.74 Å². The van der Waals surface area contributed by atoms with Gasteiger partial charge in [-0.25, -0.2) is 4.79 Å². The molecule has 0 unspecified atom stereocenters. The molecule has 0 aliphatic heterocycles. The number of aromatic hydroxyl groups is 1. The van der Waals surface area contributed by atoms with Crippen LogP contribution >= 0.6 is 11.6 Å². The topological polar surface area (TPSA) is 75.6 Å². The molecule has 0 bridgehead atoms. The number of hydrogen-bond acceptors (Lipinski definition) is 4. The minimum absolute atomic E-state index is 0.102. The van der Waals surface area contributed by atoms with Crippen LogP contribution in [0, 0.1) is 0 Å². The SMILES string of the molecule is CC(C)(C)OC(=O)Nc1cc(C(=O)CCl)ccc1O. The maximum absolute atomic E-state index is 11.6. The Hall–Kier alpha value is -1.75. The summed E-state index contributed by atoms with van der Waals surface area (Å²) in [6.07, 6.45) is -0.710. The molecule has 0 saturated heterocycles. The summed E-state index contributed by atoms with van der Waals surface area (Å²) in [6.45, 7) is 5.17. The molecule has 0 aromatic heterocycles. The number of halogens is 1. The summed E-state index contributed by atoms with van der Waals surface area (Å²) in [5, 5.41) is 12.0. The highest BCUT2D eigenvalue weighted by atomic mass is 35.5. The Bertz CT molecular complexity index is 494. The van der Waals surface area contributed by atoms with E-state index in [0.717, 1.165) is 0 Å². The molecule has 0 radical (unpaired) electrons. The monoisotopic (exact) mass is 285 g/mol. The summed E-state index contributed by atoms with van der Waals surface area (Å²) in [5.41, 5.74) is -0.243. The lowest BCUT2D eigenvalue weighted by Gasteiger charge is -2.20. The first-order valence-corrected chi connectivity index (χ1v) is 6.18. The van der Waals surface area contributed by atoms with Gasteiger partial charge in [-0.3, -0.25) is 10.1 Å². The zero-order valence-corrected chi connectivity index (χ0v) is 11.7. The van der Waals surface area contributed by atoms with Gasteiger partial charge in [0, 0.05) is 5.56 Å². The van der Waals surface area contributed by atoms with Crippen molar-refractivity contribution in [2.75, 3.05) is 11.2 Å². The number of carbonyl (C=O) groups is 2. The molecule has 1 aromatic rings. The molecule has 1 rings (SSSR count). The number of benzene rings is 1. The number of amides is 1. The number of ketones is 1. The van der Waals surface area contributed by atoms with E-state index in [0.29, 0.717) is 5.56 Å². The van der Waals surface area contributed by atoms with Gasteiger partial charge in [0.2, 0.25) is 0 Å². The molecule has 1 aromatic carbocycles. The number of phenolic OH excluding ortho intramolecular Hbond substituents is 1.